The fraction of sp³-hybridized carbons (Fsp3) is 0.308. The molecular formula is C13H15FN2O. The standard InChI is InChI=1S/C13H15FN2O/c1-13(17,11-8-15-16(2)9-11)7-10-4-3-5-12(14)6-10/h3-6,8-9,17H,7H2,1-2H3. The lowest BCUT2D eigenvalue weighted by Gasteiger charge is -2.21. The van der Waals surface area contributed by atoms with Crippen LogP contribution in [-0.4, -0.2) is 14.9 Å². The molecule has 2 aromatic rings. The first-order valence-corrected chi connectivity index (χ1v) is 5.43. The van der Waals surface area contributed by atoms with E-state index in [-0.39, 0.29) is 5.82 Å². The molecule has 2 rings (SSSR count). The van der Waals surface area contributed by atoms with Gasteiger partial charge >= 0.3 is 0 Å². The minimum Gasteiger partial charge on any atom is -0.385 e. The van der Waals surface area contributed by atoms with E-state index in [1.165, 1.54) is 12.1 Å². The monoisotopic (exact) mass is 234 g/mol. The Bertz CT molecular complexity index is 520. The Kier molecular flexibility index (Phi) is 2.98. The quantitative estimate of drug-likeness (QED) is 0.882. The van der Waals surface area contributed by atoms with Gasteiger partial charge in [-0.05, 0) is 24.6 Å². The molecule has 0 aliphatic heterocycles. The molecule has 1 aromatic carbocycles. The fourth-order valence-corrected chi connectivity index (χ4v) is 1.85. The Morgan fingerprint density at radius 3 is 2.82 bits per heavy atom. The van der Waals surface area contributed by atoms with Crippen molar-refractivity contribution in [3.8, 4) is 0 Å². The lowest BCUT2D eigenvalue weighted by atomic mass is 9.91. The minimum absolute atomic E-state index is 0.288. The summed E-state index contributed by atoms with van der Waals surface area (Å²) in [4.78, 5) is 0. The predicted molar refractivity (Wildman–Crippen MR) is 62.9 cm³/mol. The van der Waals surface area contributed by atoms with E-state index in [0.717, 1.165) is 11.1 Å². The van der Waals surface area contributed by atoms with E-state index >= 15 is 0 Å². The first-order chi connectivity index (χ1) is 7.97. The number of aliphatic hydroxyl groups is 1. The van der Waals surface area contributed by atoms with Gasteiger partial charge in [-0.1, -0.05) is 12.1 Å². The highest BCUT2D eigenvalue weighted by Gasteiger charge is 2.25. The highest BCUT2D eigenvalue weighted by molar-refractivity contribution is 5.23. The summed E-state index contributed by atoms with van der Waals surface area (Å²) in [5.41, 5.74) is 0.449. The van der Waals surface area contributed by atoms with Crippen molar-refractivity contribution >= 4 is 0 Å². The molecule has 0 radical (unpaired) electrons. The van der Waals surface area contributed by atoms with Gasteiger partial charge in [0, 0.05) is 25.2 Å². The molecule has 0 fully saturated rings. The van der Waals surface area contributed by atoms with Crippen molar-refractivity contribution in [1.82, 2.24) is 9.78 Å². The largest absolute Gasteiger partial charge is 0.385 e. The molecule has 3 nitrogen and oxygen atoms in total. The van der Waals surface area contributed by atoms with Crippen LogP contribution in [0.2, 0.25) is 0 Å². The van der Waals surface area contributed by atoms with Crippen molar-refractivity contribution in [2.75, 3.05) is 0 Å². The first-order valence-electron chi connectivity index (χ1n) is 5.43. The van der Waals surface area contributed by atoms with Crippen LogP contribution in [0.1, 0.15) is 18.1 Å². The van der Waals surface area contributed by atoms with Crippen LogP contribution in [0.4, 0.5) is 4.39 Å². The maximum atomic E-state index is 13.1. The second kappa shape index (κ2) is 4.30. The second-order valence-electron chi connectivity index (χ2n) is 4.48. The summed E-state index contributed by atoms with van der Waals surface area (Å²) in [6.45, 7) is 1.70. The first kappa shape index (κ1) is 11.8. The van der Waals surface area contributed by atoms with Crippen molar-refractivity contribution in [2.45, 2.75) is 18.9 Å². The number of aryl methyl sites for hydroxylation is 1. The number of halogens is 1. The van der Waals surface area contributed by atoms with E-state index in [4.69, 9.17) is 0 Å². The smallest absolute Gasteiger partial charge is 0.123 e. The average molecular weight is 234 g/mol. The normalized spacial score (nSPS) is 14.6. The van der Waals surface area contributed by atoms with E-state index in [1.54, 1.807) is 43.2 Å². The molecule has 0 saturated heterocycles. The Hall–Kier alpha value is -1.68. The summed E-state index contributed by atoms with van der Waals surface area (Å²) in [5, 5.41) is 14.4. The summed E-state index contributed by atoms with van der Waals surface area (Å²) in [6.07, 6.45) is 3.75. The molecule has 17 heavy (non-hydrogen) atoms. The molecule has 1 unspecified atom stereocenters. The van der Waals surface area contributed by atoms with E-state index in [9.17, 15) is 9.50 Å². The molecule has 0 bridgehead atoms. The highest BCUT2D eigenvalue weighted by Crippen LogP contribution is 2.24. The Morgan fingerprint density at radius 2 is 2.24 bits per heavy atom. The Morgan fingerprint density at radius 1 is 1.47 bits per heavy atom. The topological polar surface area (TPSA) is 38.0 Å². The Balaban J connectivity index is 2.22. The maximum absolute atomic E-state index is 13.1. The Labute approximate surface area is 99.5 Å². The molecule has 0 aliphatic rings. The molecule has 4 heteroatoms. The van der Waals surface area contributed by atoms with Crippen LogP contribution < -0.4 is 0 Å². The molecule has 1 atom stereocenters. The summed E-state index contributed by atoms with van der Waals surface area (Å²) in [7, 11) is 1.79. The molecule has 0 spiro atoms. The van der Waals surface area contributed by atoms with Gasteiger partial charge in [0.15, 0.2) is 0 Å². The SMILES string of the molecule is Cn1cc(C(C)(O)Cc2cccc(F)c2)cn1. The molecule has 0 amide bonds. The zero-order chi connectivity index (χ0) is 12.5. The number of benzene rings is 1. The summed E-state index contributed by atoms with van der Waals surface area (Å²) in [5.74, 6) is -0.288. The number of hydrogen-bond acceptors (Lipinski definition) is 2. The van der Waals surface area contributed by atoms with Crippen LogP contribution >= 0.6 is 0 Å². The van der Waals surface area contributed by atoms with Crippen LogP contribution in [0, 0.1) is 5.82 Å². The molecular weight excluding hydrogens is 219 g/mol. The summed E-state index contributed by atoms with van der Waals surface area (Å²) in [6, 6.07) is 6.27. The zero-order valence-electron chi connectivity index (χ0n) is 9.89. The highest BCUT2D eigenvalue weighted by atomic mass is 19.1. The minimum atomic E-state index is -1.04. The zero-order valence-corrected chi connectivity index (χ0v) is 9.89. The molecule has 0 aliphatic carbocycles. The van der Waals surface area contributed by atoms with Crippen LogP contribution in [0.3, 0.4) is 0 Å². The van der Waals surface area contributed by atoms with Gasteiger partial charge in [-0.25, -0.2) is 4.39 Å². The van der Waals surface area contributed by atoms with Gasteiger partial charge in [-0.2, -0.15) is 5.10 Å². The van der Waals surface area contributed by atoms with E-state index in [0.29, 0.717) is 6.42 Å². The van der Waals surface area contributed by atoms with Gasteiger partial charge in [0.1, 0.15) is 5.82 Å². The third-order valence-electron chi connectivity index (χ3n) is 2.76. The van der Waals surface area contributed by atoms with Crippen molar-refractivity contribution in [2.24, 2.45) is 7.05 Å². The molecule has 1 heterocycles. The van der Waals surface area contributed by atoms with Crippen molar-refractivity contribution < 1.29 is 9.50 Å². The predicted octanol–water partition coefficient (Wildman–Crippen LogP) is 2.01. The van der Waals surface area contributed by atoms with Crippen LogP contribution in [0.5, 0.6) is 0 Å². The van der Waals surface area contributed by atoms with Crippen LogP contribution in [0.15, 0.2) is 36.7 Å². The van der Waals surface area contributed by atoms with Gasteiger partial charge in [0.05, 0.1) is 11.8 Å². The number of aromatic nitrogens is 2. The van der Waals surface area contributed by atoms with Gasteiger partial charge < -0.3 is 5.11 Å². The molecule has 0 saturated carbocycles. The van der Waals surface area contributed by atoms with E-state index in [2.05, 4.69) is 5.10 Å². The molecule has 1 aromatic heterocycles. The summed E-state index contributed by atoms with van der Waals surface area (Å²) < 4.78 is 14.7. The number of rotatable bonds is 3. The van der Waals surface area contributed by atoms with Crippen molar-refractivity contribution in [3.63, 3.8) is 0 Å². The third kappa shape index (κ3) is 2.71. The van der Waals surface area contributed by atoms with Gasteiger partial charge in [-0.15, -0.1) is 0 Å². The lowest BCUT2D eigenvalue weighted by Crippen LogP contribution is -2.23. The third-order valence-corrected chi connectivity index (χ3v) is 2.76. The average Bonchev–Trinajstić information content (AvgIpc) is 2.65. The van der Waals surface area contributed by atoms with Crippen molar-refractivity contribution in [1.29, 1.82) is 0 Å². The van der Waals surface area contributed by atoms with Crippen molar-refractivity contribution in [3.05, 3.63) is 53.6 Å². The van der Waals surface area contributed by atoms with E-state index < -0.39 is 5.60 Å². The number of nitrogens with zero attached hydrogens (tertiary/aromatic N) is 2. The lowest BCUT2D eigenvalue weighted by molar-refractivity contribution is 0.0575. The maximum Gasteiger partial charge on any atom is 0.123 e. The number of hydrogen-bond donors (Lipinski definition) is 1. The molecule has 1 N–H and O–H groups in total. The van der Waals surface area contributed by atoms with Crippen LogP contribution in [0.25, 0.3) is 0 Å². The van der Waals surface area contributed by atoms with Gasteiger partial charge in [0.2, 0.25) is 0 Å². The van der Waals surface area contributed by atoms with Gasteiger partial charge in [0.25, 0.3) is 0 Å². The fourth-order valence-electron chi connectivity index (χ4n) is 1.85. The second-order valence-corrected chi connectivity index (χ2v) is 4.48. The summed E-state index contributed by atoms with van der Waals surface area (Å²) >= 11 is 0. The molecule has 90 valence electrons. The van der Waals surface area contributed by atoms with Crippen LogP contribution in [-0.2, 0) is 19.1 Å². The van der Waals surface area contributed by atoms with Gasteiger partial charge in [-0.3, -0.25) is 4.68 Å². The van der Waals surface area contributed by atoms with E-state index in [1.807, 2.05) is 0 Å².